The summed E-state index contributed by atoms with van der Waals surface area (Å²) in [4.78, 5) is 30.2. The van der Waals surface area contributed by atoms with Gasteiger partial charge in [-0.05, 0) is 18.8 Å². The van der Waals surface area contributed by atoms with Crippen LogP contribution in [0.2, 0.25) is 5.04 Å². The van der Waals surface area contributed by atoms with E-state index >= 15 is 0 Å². The van der Waals surface area contributed by atoms with Gasteiger partial charge in [-0.3, -0.25) is 0 Å². The average molecular weight is 403 g/mol. The Morgan fingerprint density at radius 3 is 1.22 bits per heavy atom. The van der Waals surface area contributed by atoms with Crippen molar-refractivity contribution in [2.75, 3.05) is 0 Å². The van der Waals surface area contributed by atoms with E-state index < -0.39 is 13.8 Å². The number of hydrogen-bond donors (Lipinski definition) is 3. The fraction of sp³-hybridized carbons (Fsp3) is 1.00. The molecule has 0 aromatic rings. The van der Waals surface area contributed by atoms with Gasteiger partial charge in [0.05, 0.1) is 0 Å². The molecule has 0 rings (SSSR count). The van der Waals surface area contributed by atoms with Crippen LogP contribution in [0.5, 0.6) is 0 Å². The molecule has 0 bridgehead atoms. The second-order valence-corrected chi connectivity index (χ2v) is 11.3. The second-order valence-electron chi connectivity index (χ2n) is 9.04. The maximum atomic E-state index is 10.1. The largest absolute Gasteiger partial charge is 0.499 e. The highest BCUT2D eigenvalue weighted by Gasteiger charge is 2.54. The lowest BCUT2D eigenvalue weighted by molar-refractivity contribution is 0.135. The van der Waals surface area contributed by atoms with Crippen LogP contribution in [-0.2, 0) is 0 Å². The van der Waals surface area contributed by atoms with Gasteiger partial charge in [0.2, 0.25) is 0 Å². The molecule has 0 saturated carbocycles. The smallest absolute Gasteiger partial charge is 0.390 e. The van der Waals surface area contributed by atoms with E-state index in [2.05, 4.69) is 13.8 Å². The summed E-state index contributed by atoms with van der Waals surface area (Å²) in [5.74, 6) is 0.103. The highest BCUT2D eigenvalue weighted by atomic mass is 28.4. The van der Waals surface area contributed by atoms with Crippen molar-refractivity contribution in [2.24, 2.45) is 5.92 Å². The predicted octanol–water partition coefficient (Wildman–Crippen LogP) is 6.97. The molecule has 4 heteroatoms. The Balaban J connectivity index is 3.74. The molecule has 0 fully saturated rings. The average Bonchev–Trinajstić information content (AvgIpc) is 2.59. The molecule has 164 valence electrons. The number of hydrogen-bond acceptors (Lipinski definition) is 3. The first-order valence-electron chi connectivity index (χ1n) is 12.0. The van der Waals surface area contributed by atoms with Crippen LogP contribution in [0, 0.1) is 5.92 Å². The van der Waals surface area contributed by atoms with Crippen LogP contribution in [0.25, 0.3) is 0 Å². The van der Waals surface area contributed by atoms with Gasteiger partial charge in [0.1, 0.15) is 0 Å². The van der Waals surface area contributed by atoms with Crippen molar-refractivity contribution in [1.29, 1.82) is 0 Å². The summed E-state index contributed by atoms with van der Waals surface area (Å²) >= 11 is 0. The third-order valence-electron chi connectivity index (χ3n) is 6.45. The van der Waals surface area contributed by atoms with Crippen molar-refractivity contribution in [3.63, 3.8) is 0 Å². The summed E-state index contributed by atoms with van der Waals surface area (Å²) in [6.07, 6.45) is 20.9. The molecule has 0 aromatic heterocycles. The summed E-state index contributed by atoms with van der Waals surface area (Å²) in [5.41, 5.74) is 0. The fourth-order valence-corrected chi connectivity index (χ4v) is 6.38. The van der Waals surface area contributed by atoms with E-state index in [0.717, 1.165) is 25.7 Å². The topological polar surface area (TPSA) is 60.7 Å². The quantitative estimate of drug-likeness (QED) is 0.161. The Bertz CT molecular complexity index is 328. The summed E-state index contributed by atoms with van der Waals surface area (Å²) < 4.78 is 0. The number of rotatable bonds is 19. The zero-order chi connectivity index (χ0) is 20.6. The Labute approximate surface area is 171 Å². The standard InChI is InChI=1S/C23H50O3Si/c1-5-7-8-9-10-11-12-13-14-15-16-17-18-19-21-23(20-6-2,22(3)4)27(24,25)26/h22,24-26H,5-21H2,1-4H3. The second kappa shape index (κ2) is 16.0. The molecule has 0 aliphatic rings. The molecule has 0 radical (unpaired) electrons. The van der Waals surface area contributed by atoms with Gasteiger partial charge in [-0.15, -0.1) is 0 Å². The molecule has 3 N–H and O–H groups in total. The molecular weight excluding hydrogens is 352 g/mol. The maximum Gasteiger partial charge on any atom is 0.499 e. The first-order chi connectivity index (χ1) is 12.8. The van der Waals surface area contributed by atoms with Crippen molar-refractivity contribution < 1.29 is 14.4 Å². The van der Waals surface area contributed by atoms with Crippen molar-refractivity contribution in [2.45, 2.75) is 142 Å². The van der Waals surface area contributed by atoms with Gasteiger partial charge in [0.15, 0.2) is 0 Å². The molecule has 0 saturated heterocycles. The van der Waals surface area contributed by atoms with E-state index in [0.29, 0.717) is 6.42 Å². The lowest BCUT2D eigenvalue weighted by atomic mass is 9.85. The molecule has 0 spiro atoms. The van der Waals surface area contributed by atoms with E-state index in [1.807, 2.05) is 13.8 Å². The summed E-state index contributed by atoms with van der Waals surface area (Å²) in [6.45, 7) is 8.36. The molecule has 3 nitrogen and oxygen atoms in total. The zero-order valence-electron chi connectivity index (χ0n) is 18.9. The Kier molecular flexibility index (Phi) is 16.0. The first-order valence-corrected chi connectivity index (χ1v) is 13.8. The van der Waals surface area contributed by atoms with E-state index in [4.69, 9.17) is 0 Å². The van der Waals surface area contributed by atoms with Gasteiger partial charge < -0.3 is 14.4 Å². The van der Waals surface area contributed by atoms with Gasteiger partial charge in [-0.25, -0.2) is 0 Å². The van der Waals surface area contributed by atoms with E-state index in [-0.39, 0.29) is 5.92 Å². The minimum atomic E-state index is -4.13. The van der Waals surface area contributed by atoms with Crippen LogP contribution in [-0.4, -0.2) is 23.2 Å². The minimum absolute atomic E-state index is 0.103. The van der Waals surface area contributed by atoms with E-state index in [9.17, 15) is 14.4 Å². The summed E-state index contributed by atoms with van der Waals surface area (Å²) in [7, 11) is -4.13. The SMILES string of the molecule is CCCCCCCCCCCCCCCCC(CCC)(C(C)C)[Si](O)(O)O. The third-order valence-corrected chi connectivity index (χ3v) is 8.86. The zero-order valence-corrected chi connectivity index (χ0v) is 19.9. The van der Waals surface area contributed by atoms with Crippen LogP contribution in [0.4, 0.5) is 0 Å². The minimum Gasteiger partial charge on any atom is -0.390 e. The predicted molar refractivity (Wildman–Crippen MR) is 120 cm³/mol. The van der Waals surface area contributed by atoms with Crippen LogP contribution in [0.3, 0.4) is 0 Å². The molecule has 0 heterocycles. The molecular formula is C23H50O3Si. The molecule has 0 aliphatic heterocycles. The van der Waals surface area contributed by atoms with Gasteiger partial charge in [0, 0.05) is 5.04 Å². The Hall–Kier alpha value is 0.0969. The molecule has 0 aliphatic carbocycles. The maximum absolute atomic E-state index is 10.1. The molecule has 1 unspecified atom stereocenters. The van der Waals surface area contributed by atoms with Crippen LogP contribution in [0.1, 0.15) is 137 Å². The molecule has 0 amide bonds. The first kappa shape index (κ1) is 27.1. The highest BCUT2D eigenvalue weighted by molar-refractivity contribution is 6.60. The lowest BCUT2D eigenvalue weighted by Gasteiger charge is -2.41. The molecule has 0 aromatic carbocycles. The lowest BCUT2D eigenvalue weighted by Crippen LogP contribution is -2.52. The van der Waals surface area contributed by atoms with Crippen LogP contribution >= 0.6 is 0 Å². The van der Waals surface area contributed by atoms with E-state index in [1.54, 1.807) is 0 Å². The molecule has 27 heavy (non-hydrogen) atoms. The van der Waals surface area contributed by atoms with Crippen molar-refractivity contribution in [3.05, 3.63) is 0 Å². The van der Waals surface area contributed by atoms with Crippen molar-refractivity contribution >= 4 is 8.80 Å². The molecule has 1 atom stereocenters. The normalized spacial score (nSPS) is 14.7. The Morgan fingerprint density at radius 1 is 0.556 bits per heavy atom. The van der Waals surface area contributed by atoms with E-state index in [1.165, 1.54) is 77.0 Å². The fourth-order valence-electron chi connectivity index (χ4n) is 4.51. The summed E-state index contributed by atoms with van der Waals surface area (Å²) in [5, 5.41) is -0.668. The summed E-state index contributed by atoms with van der Waals surface area (Å²) in [6, 6.07) is 0. The Morgan fingerprint density at radius 2 is 0.926 bits per heavy atom. The highest BCUT2D eigenvalue weighted by Crippen LogP contribution is 2.50. The van der Waals surface area contributed by atoms with Gasteiger partial charge >= 0.3 is 8.80 Å². The van der Waals surface area contributed by atoms with Gasteiger partial charge in [-0.2, -0.15) is 0 Å². The van der Waals surface area contributed by atoms with Crippen LogP contribution in [0.15, 0.2) is 0 Å². The van der Waals surface area contributed by atoms with Crippen molar-refractivity contribution in [3.8, 4) is 0 Å². The van der Waals surface area contributed by atoms with Gasteiger partial charge in [0.25, 0.3) is 0 Å². The van der Waals surface area contributed by atoms with Gasteiger partial charge in [-0.1, -0.05) is 124 Å². The monoisotopic (exact) mass is 402 g/mol. The van der Waals surface area contributed by atoms with Crippen molar-refractivity contribution in [1.82, 2.24) is 0 Å². The van der Waals surface area contributed by atoms with Crippen LogP contribution < -0.4 is 0 Å². The third kappa shape index (κ3) is 11.6. The number of unbranched alkanes of at least 4 members (excludes halogenated alkanes) is 13.